The Bertz CT molecular complexity index is 362. The molecule has 0 bridgehead atoms. The van der Waals surface area contributed by atoms with Crippen LogP contribution >= 0.6 is 0 Å². The summed E-state index contributed by atoms with van der Waals surface area (Å²) in [6, 6.07) is 5.78. The molecule has 0 radical (unpaired) electrons. The maximum Gasteiger partial charge on any atom is 0.127 e. The van der Waals surface area contributed by atoms with E-state index < -0.39 is 0 Å². The molecule has 0 spiro atoms. The van der Waals surface area contributed by atoms with Gasteiger partial charge in [0.1, 0.15) is 5.82 Å². The topological polar surface area (TPSA) is 0 Å². The molecule has 0 unspecified atom stereocenters. The molecule has 1 fully saturated rings. The first-order valence-corrected chi connectivity index (χ1v) is 5.83. The zero-order chi connectivity index (χ0) is 11.1. The van der Waals surface area contributed by atoms with E-state index >= 15 is 0 Å². The van der Waals surface area contributed by atoms with Crippen LogP contribution < -0.4 is 0 Å². The highest BCUT2D eigenvalue weighted by Crippen LogP contribution is 2.44. The van der Waals surface area contributed by atoms with Crippen LogP contribution in [0.25, 0.3) is 0 Å². The van der Waals surface area contributed by atoms with E-state index in [4.69, 9.17) is 0 Å². The number of hydrogen-bond donors (Lipinski definition) is 0. The van der Waals surface area contributed by atoms with Crippen LogP contribution in [0.2, 0.25) is 0 Å². The Labute approximate surface area is 91.5 Å². The summed E-state index contributed by atoms with van der Waals surface area (Å²) in [6.07, 6.45) is 3.50. The fourth-order valence-corrected chi connectivity index (χ4v) is 2.36. The largest absolute Gasteiger partial charge is 0.207 e. The van der Waals surface area contributed by atoms with Crippen LogP contribution in [-0.4, -0.2) is 0 Å². The van der Waals surface area contributed by atoms with Crippen LogP contribution in [0.4, 0.5) is 4.39 Å². The minimum absolute atomic E-state index is 0.0107. The average Bonchev–Trinajstić information content (AvgIpc) is 2.14. The molecule has 0 atom stereocenters. The van der Waals surface area contributed by atoms with Crippen molar-refractivity contribution in [3.63, 3.8) is 0 Å². The van der Waals surface area contributed by atoms with Gasteiger partial charge in [-0.1, -0.05) is 39.3 Å². The smallest absolute Gasteiger partial charge is 0.127 e. The molecule has 0 heterocycles. The number of benzene rings is 1. The van der Waals surface area contributed by atoms with Crippen molar-refractivity contribution in [3.8, 4) is 0 Å². The van der Waals surface area contributed by atoms with Gasteiger partial charge in [0.05, 0.1) is 0 Å². The van der Waals surface area contributed by atoms with E-state index in [0.717, 1.165) is 24.0 Å². The molecule has 1 saturated carbocycles. The molecule has 1 heteroatoms. The lowest BCUT2D eigenvalue weighted by Gasteiger charge is -2.39. The summed E-state index contributed by atoms with van der Waals surface area (Å²) in [5.74, 6) is 0.395. The summed E-state index contributed by atoms with van der Waals surface area (Å²) in [4.78, 5) is 0. The Morgan fingerprint density at radius 3 is 2.33 bits per heavy atom. The fourth-order valence-electron chi connectivity index (χ4n) is 2.36. The molecule has 0 nitrogen and oxygen atoms in total. The second-order valence-electron chi connectivity index (χ2n) is 5.31. The predicted molar refractivity (Wildman–Crippen MR) is 61.7 cm³/mol. The van der Waals surface area contributed by atoms with Gasteiger partial charge in [0.2, 0.25) is 0 Å². The van der Waals surface area contributed by atoms with Crippen LogP contribution in [0, 0.1) is 5.82 Å². The lowest BCUT2D eigenvalue weighted by Crippen LogP contribution is -2.31. The molecule has 2 rings (SSSR count). The van der Waals surface area contributed by atoms with E-state index in [1.54, 1.807) is 6.07 Å². The van der Waals surface area contributed by atoms with Gasteiger partial charge in [-0.25, -0.2) is 4.39 Å². The van der Waals surface area contributed by atoms with Gasteiger partial charge in [-0.05, 0) is 41.4 Å². The van der Waals surface area contributed by atoms with E-state index in [1.807, 2.05) is 6.07 Å². The third-order valence-corrected chi connectivity index (χ3v) is 3.77. The second kappa shape index (κ2) is 3.62. The molecule has 0 N–H and O–H groups in total. The van der Waals surface area contributed by atoms with Crippen molar-refractivity contribution in [1.82, 2.24) is 0 Å². The molecule has 0 saturated heterocycles. The summed E-state index contributed by atoms with van der Waals surface area (Å²) in [7, 11) is 0. The molecular weight excluding hydrogens is 187 g/mol. The molecule has 1 aliphatic rings. The monoisotopic (exact) mass is 206 g/mol. The Kier molecular flexibility index (Phi) is 2.57. The van der Waals surface area contributed by atoms with E-state index in [1.165, 1.54) is 6.42 Å². The van der Waals surface area contributed by atoms with Crippen molar-refractivity contribution < 1.29 is 4.39 Å². The van der Waals surface area contributed by atoms with Crippen molar-refractivity contribution in [2.75, 3.05) is 0 Å². The predicted octanol–water partition coefficient (Wildman–Crippen LogP) is 4.39. The van der Waals surface area contributed by atoms with E-state index in [9.17, 15) is 4.39 Å². The van der Waals surface area contributed by atoms with Crippen LogP contribution in [0.15, 0.2) is 18.2 Å². The summed E-state index contributed by atoms with van der Waals surface area (Å²) in [5, 5.41) is 0. The summed E-state index contributed by atoms with van der Waals surface area (Å²) >= 11 is 0. The zero-order valence-corrected chi connectivity index (χ0v) is 9.81. The van der Waals surface area contributed by atoms with Crippen molar-refractivity contribution in [2.45, 2.75) is 51.4 Å². The summed E-state index contributed by atoms with van der Waals surface area (Å²) in [6.45, 7) is 6.36. The Morgan fingerprint density at radius 1 is 1.27 bits per heavy atom. The average molecular weight is 206 g/mol. The standard InChI is InChI=1S/C14H19F/c1-10(2)11-5-6-12(13(15)9-11)14(3)7-4-8-14/h5-6,9-10H,4,7-8H2,1-3H3. The molecule has 0 aromatic heterocycles. The molecule has 82 valence electrons. The first-order valence-electron chi connectivity index (χ1n) is 5.83. The van der Waals surface area contributed by atoms with Gasteiger partial charge >= 0.3 is 0 Å². The van der Waals surface area contributed by atoms with Gasteiger partial charge in [0.15, 0.2) is 0 Å². The highest BCUT2D eigenvalue weighted by atomic mass is 19.1. The van der Waals surface area contributed by atoms with Crippen molar-refractivity contribution in [3.05, 3.63) is 35.1 Å². The van der Waals surface area contributed by atoms with Gasteiger partial charge in [0.25, 0.3) is 0 Å². The minimum atomic E-state index is -0.0107. The fraction of sp³-hybridized carbons (Fsp3) is 0.571. The van der Waals surface area contributed by atoms with Gasteiger partial charge in [-0.15, -0.1) is 0 Å². The number of rotatable bonds is 2. The first-order chi connectivity index (χ1) is 7.03. The third-order valence-electron chi connectivity index (χ3n) is 3.77. The van der Waals surface area contributed by atoms with Crippen LogP contribution in [0.1, 0.15) is 57.1 Å². The lowest BCUT2D eigenvalue weighted by molar-refractivity contribution is 0.263. The molecule has 1 aromatic rings. The summed E-state index contributed by atoms with van der Waals surface area (Å²) in [5.41, 5.74) is 2.12. The molecule has 1 aromatic carbocycles. The highest BCUT2D eigenvalue weighted by Gasteiger charge is 2.35. The minimum Gasteiger partial charge on any atom is -0.207 e. The first kappa shape index (κ1) is 10.7. The van der Waals surface area contributed by atoms with Crippen LogP contribution in [0.3, 0.4) is 0 Å². The molecule has 0 aliphatic heterocycles. The van der Waals surface area contributed by atoms with E-state index in [0.29, 0.717) is 5.92 Å². The Morgan fingerprint density at radius 2 is 1.93 bits per heavy atom. The van der Waals surface area contributed by atoms with Gasteiger partial charge < -0.3 is 0 Å². The Balaban J connectivity index is 2.34. The molecule has 15 heavy (non-hydrogen) atoms. The van der Waals surface area contributed by atoms with Crippen molar-refractivity contribution in [1.29, 1.82) is 0 Å². The number of hydrogen-bond acceptors (Lipinski definition) is 0. The molecule has 1 aliphatic carbocycles. The Hall–Kier alpha value is -0.850. The normalized spacial score (nSPS) is 19.0. The summed E-state index contributed by atoms with van der Waals surface area (Å²) < 4.78 is 13.9. The quantitative estimate of drug-likeness (QED) is 0.673. The zero-order valence-electron chi connectivity index (χ0n) is 9.81. The van der Waals surface area contributed by atoms with Crippen molar-refractivity contribution >= 4 is 0 Å². The number of halogens is 1. The maximum atomic E-state index is 13.9. The van der Waals surface area contributed by atoms with Crippen molar-refractivity contribution in [2.24, 2.45) is 0 Å². The van der Waals surface area contributed by atoms with Crippen LogP contribution in [-0.2, 0) is 5.41 Å². The third kappa shape index (κ3) is 1.80. The van der Waals surface area contributed by atoms with E-state index in [2.05, 4.69) is 26.8 Å². The van der Waals surface area contributed by atoms with Gasteiger partial charge in [-0.2, -0.15) is 0 Å². The van der Waals surface area contributed by atoms with E-state index in [-0.39, 0.29) is 11.2 Å². The SMILES string of the molecule is CC(C)c1ccc(C2(C)CCC2)c(F)c1. The second-order valence-corrected chi connectivity index (χ2v) is 5.31. The molecular formula is C14H19F. The maximum absolute atomic E-state index is 13.9. The van der Waals surface area contributed by atoms with Crippen LogP contribution in [0.5, 0.6) is 0 Å². The highest BCUT2D eigenvalue weighted by molar-refractivity contribution is 5.33. The lowest BCUT2D eigenvalue weighted by atomic mass is 9.66. The van der Waals surface area contributed by atoms with Gasteiger partial charge in [0, 0.05) is 0 Å². The van der Waals surface area contributed by atoms with Gasteiger partial charge in [-0.3, -0.25) is 0 Å². The molecule has 0 amide bonds.